The van der Waals surface area contributed by atoms with Crippen molar-refractivity contribution in [1.29, 1.82) is 0 Å². The maximum absolute atomic E-state index is 12.7. The van der Waals surface area contributed by atoms with E-state index in [1.807, 2.05) is 0 Å². The number of carbonyl (C=O) groups is 2. The highest BCUT2D eigenvalue weighted by Gasteiger charge is 2.43. The van der Waals surface area contributed by atoms with Gasteiger partial charge in [0.2, 0.25) is 11.8 Å². The number of alkyl halides is 3. The second-order valence-corrected chi connectivity index (χ2v) is 9.25. The molecular formula is C22H21ClF3N3O6. The zero-order valence-electron chi connectivity index (χ0n) is 18.2. The van der Waals surface area contributed by atoms with Crippen LogP contribution in [-0.2, 0) is 14.3 Å². The number of hydrogen-bond donors (Lipinski definition) is 1. The molecule has 35 heavy (non-hydrogen) atoms. The molecule has 1 saturated carbocycles. The number of carbonyl (C=O) groups excluding carboxylic acids is 2. The summed E-state index contributed by atoms with van der Waals surface area (Å²) in [7, 11) is 0. The van der Waals surface area contributed by atoms with E-state index in [-0.39, 0.29) is 55.4 Å². The van der Waals surface area contributed by atoms with Crippen LogP contribution in [-0.4, -0.2) is 53.1 Å². The van der Waals surface area contributed by atoms with Crippen molar-refractivity contribution in [2.75, 3.05) is 6.61 Å². The minimum Gasteiger partial charge on any atom is -0.479 e. The fourth-order valence-electron chi connectivity index (χ4n) is 4.39. The average Bonchev–Trinajstić information content (AvgIpc) is 3.26. The Kier molecular flexibility index (Phi) is 6.45. The number of hydrogen-bond acceptors (Lipinski definition) is 8. The largest absolute Gasteiger partial charge is 0.522 e. The van der Waals surface area contributed by atoms with Crippen LogP contribution in [0.1, 0.15) is 66.3 Å². The maximum atomic E-state index is 12.7. The average molecular weight is 516 g/mol. The summed E-state index contributed by atoms with van der Waals surface area (Å²) in [5, 5.41) is 11.2. The number of nitrogens with zero attached hydrogens (tertiary/aromatic N) is 2. The highest BCUT2D eigenvalue weighted by Crippen LogP contribution is 2.41. The highest BCUT2D eigenvalue weighted by atomic mass is 35.5. The SMILES string of the molecule is O=C1C[C@H](C(=O)N[C@@H]2CC[C@@H](c3nnc([C@H]4C[C@@H](OC(F)(F)F)C4)o3)OC2)Oc2ccc(Cl)cc21. The molecule has 2 fully saturated rings. The number of benzene rings is 1. The second-order valence-electron chi connectivity index (χ2n) is 8.81. The normalized spacial score (nSPS) is 28.6. The van der Waals surface area contributed by atoms with Crippen LogP contribution >= 0.6 is 11.6 Å². The lowest BCUT2D eigenvalue weighted by Gasteiger charge is -2.33. The van der Waals surface area contributed by atoms with Crippen LogP contribution < -0.4 is 10.1 Å². The summed E-state index contributed by atoms with van der Waals surface area (Å²) in [6.45, 7) is 0.186. The van der Waals surface area contributed by atoms with Gasteiger partial charge in [0.25, 0.3) is 5.91 Å². The molecule has 0 unspecified atom stereocenters. The Morgan fingerprint density at radius 3 is 2.66 bits per heavy atom. The molecule has 0 bridgehead atoms. The van der Waals surface area contributed by atoms with Gasteiger partial charge in [-0.2, -0.15) is 0 Å². The lowest BCUT2D eigenvalue weighted by Crippen LogP contribution is -2.48. The molecule has 0 spiro atoms. The van der Waals surface area contributed by atoms with Crippen LogP contribution in [0.25, 0.3) is 0 Å². The number of amides is 1. The zero-order valence-corrected chi connectivity index (χ0v) is 19.0. The fourth-order valence-corrected chi connectivity index (χ4v) is 4.56. The molecule has 1 aromatic carbocycles. The van der Waals surface area contributed by atoms with Crippen LogP contribution in [0.5, 0.6) is 5.75 Å². The van der Waals surface area contributed by atoms with Gasteiger partial charge in [0.05, 0.1) is 30.7 Å². The molecule has 3 aliphatic rings. The van der Waals surface area contributed by atoms with Gasteiger partial charge in [-0.3, -0.25) is 14.3 Å². The van der Waals surface area contributed by atoms with Crippen LogP contribution in [0.2, 0.25) is 5.02 Å². The van der Waals surface area contributed by atoms with E-state index in [2.05, 4.69) is 20.3 Å². The molecule has 188 valence electrons. The summed E-state index contributed by atoms with van der Waals surface area (Å²) in [6, 6.07) is 4.38. The van der Waals surface area contributed by atoms with Crippen molar-refractivity contribution in [3.05, 3.63) is 40.6 Å². The third kappa shape index (κ3) is 5.44. The van der Waals surface area contributed by atoms with Gasteiger partial charge in [0.15, 0.2) is 11.9 Å². The Hall–Kier alpha value is -2.70. The summed E-state index contributed by atoms with van der Waals surface area (Å²) >= 11 is 5.92. The minimum atomic E-state index is -4.66. The van der Waals surface area contributed by atoms with E-state index in [1.54, 1.807) is 12.1 Å². The summed E-state index contributed by atoms with van der Waals surface area (Å²) in [5.74, 6) is -0.0713. The van der Waals surface area contributed by atoms with Gasteiger partial charge >= 0.3 is 6.36 Å². The molecule has 1 N–H and O–H groups in total. The lowest BCUT2D eigenvalue weighted by molar-refractivity contribution is -0.352. The first-order chi connectivity index (χ1) is 16.6. The van der Waals surface area contributed by atoms with Crippen LogP contribution in [0.15, 0.2) is 22.6 Å². The van der Waals surface area contributed by atoms with E-state index in [4.69, 9.17) is 25.5 Å². The van der Waals surface area contributed by atoms with E-state index < -0.39 is 30.6 Å². The molecule has 1 aromatic heterocycles. The summed E-state index contributed by atoms with van der Waals surface area (Å²) in [6.07, 6.45) is -5.70. The Morgan fingerprint density at radius 1 is 1.17 bits per heavy atom. The van der Waals surface area contributed by atoms with Gasteiger partial charge in [0, 0.05) is 10.9 Å². The van der Waals surface area contributed by atoms with Crippen LogP contribution in [0.3, 0.4) is 0 Å². The first-order valence-corrected chi connectivity index (χ1v) is 11.5. The zero-order chi connectivity index (χ0) is 24.7. The smallest absolute Gasteiger partial charge is 0.479 e. The van der Waals surface area contributed by atoms with Gasteiger partial charge < -0.3 is 19.2 Å². The van der Waals surface area contributed by atoms with Crippen molar-refractivity contribution in [3.63, 3.8) is 0 Å². The number of aromatic nitrogens is 2. The quantitative estimate of drug-likeness (QED) is 0.638. The molecule has 3 atom stereocenters. The van der Waals surface area contributed by atoms with Crippen molar-refractivity contribution in [2.24, 2.45) is 0 Å². The predicted octanol–water partition coefficient (Wildman–Crippen LogP) is 3.88. The number of ether oxygens (including phenoxy) is 3. The lowest BCUT2D eigenvalue weighted by atomic mass is 9.82. The third-order valence-electron chi connectivity index (χ3n) is 6.27. The Labute approximate surface area is 202 Å². The second kappa shape index (κ2) is 9.40. The number of rotatable bonds is 5. The van der Waals surface area contributed by atoms with Gasteiger partial charge in [0.1, 0.15) is 11.9 Å². The van der Waals surface area contributed by atoms with E-state index >= 15 is 0 Å². The molecule has 2 aliphatic heterocycles. The first-order valence-electron chi connectivity index (χ1n) is 11.1. The van der Waals surface area contributed by atoms with E-state index in [0.29, 0.717) is 29.2 Å². The van der Waals surface area contributed by atoms with Crippen LogP contribution in [0, 0.1) is 0 Å². The van der Waals surface area contributed by atoms with Crippen molar-refractivity contribution >= 4 is 23.3 Å². The van der Waals surface area contributed by atoms with Crippen molar-refractivity contribution in [3.8, 4) is 5.75 Å². The molecule has 1 aliphatic carbocycles. The highest BCUT2D eigenvalue weighted by molar-refractivity contribution is 6.31. The topological polar surface area (TPSA) is 113 Å². The Bertz CT molecular complexity index is 1110. The van der Waals surface area contributed by atoms with Crippen molar-refractivity contribution in [2.45, 2.75) is 68.7 Å². The molecule has 1 amide bonds. The molecule has 13 heteroatoms. The molecular weight excluding hydrogens is 495 g/mol. The monoisotopic (exact) mass is 515 g/mol. The van der Waals surface area contributed by atoms with Crippen molar-refractivity contribution < 1.29 is 41.4 Å². The van der Waals surface area contributed by atoms with E-state index in [9.17, 15) is 22.8 Å². The van der Waals surface area contributed by atoms with E-state index in [1.165, 1.54) is 6.07 Å². The van der Waals surface area contributed by atoms with Gasteiger partial charge in [-0.15, -0.1) is 23.4 Å². The molecule has 9 nitrogen and oxygen atoms in total. The summed E-state index contributed by atoms with van der Waals surface area (Å²) in [4.78, 5) is 25.1. The van der Waals surface area contributed by atoms with Gasteiger partial charge in [-0.1, -0.05) is 11.6 Å². The summed E-state index contributed by atoms with van der Waals surface area (Å²) < 4.78 is 57.9. The molecule has 3 heterocycles. The van der Waals surface area contributed by atoms with Gasteiger partial charge in [-0.25, -0.2) is 0 Å². The third-order valence-corrected chi connectivity index (χ3v) is 6.51. The Balaban J connectivity index is 1.09. The number of ketones is 1. The minimum absolute atomic E-state index is 0.0871. The number of halogens is 4. The van der Waals surface area contributed by atoms with Crippen molar-refractivity contribution in [1.82, 2.24) is 15.5 Å². The first kappa shape index (κ1) is 24.0. The Morgan fingerprint density at radius 2 is 1.94 bits per heavy atom. The maximum Gasteiger partial charge on any atom is 0.522 e. The molecule has 2 aromatic rings. The number of fused-ring (bicyclic) bond motifs is 1. The van der Waals surface area contributed by atoms with Gasteiger partial charge in [-0.05, 0) is 43.9 Å². The fraction of sp³-hybridized carbons (Fsp3) is 0.545. The number of nitrogens with one attached hydrogen (secondary N) is 1. The number of Topliss-reactive ketones (excluding diaryl/α,β-unsaturated/α-hetero) is 1. The van der Waals surface area contributed by atoms with E-state index in [0.717, 1.165) is 0 Å². The molecule has 1 saturated heterocycles. The molecule has 5 rings (SSSR count). The molecule has 0 radical (unpaired) electrons. The standard InChI is InChI=1S/C22H21ClF3N3O6/c23-11-1-3-16-14(7-11)15(30)8-18(33-16)19(31)27-12-2-4-17(32-9-12)21-29-28-20(34-21)10-5-13(6-10)35-22(24,25)26/h1,3,7,10,12-13,17-18H,2,4-6,8-9H2,(H,27,31)/t10-,12-,13+,17+,18-/m1/s1. The van der Waals surface area contributed by atoms with Crippen LogP contribution in [0.4, 0.5) is 13.2 Å². The summed E-state index contributed by atoms with van der Waals surface area (Å²) in [5.41, 5.74) is 0.356. The predicted molar refractivity (Wildman–Crippen MR) is 112 cm³/mol.